The van der Waals surface area contributed by atoms with Crippen LogP contribution in [0.5, 0.6) is 0 Å². The molecule has 5 heteroatoms. The smallest absolute Gasteiger partial charge is 0.163 e. The molecule has 3 aromatic heterocycles. The molecule has 0 fully saturated rings. The molecule has 0 amide bonds. The number of thiophene rings is 1. The number of pyridine rings is 1. The molecule has 4 nitrogen and oxygen atoms in total. The van der Waals surface area contributed by atoms with Gasteiger partial charge in [0.2, 0.25) is 0 Å². The number of nitrogens with one attached hydrogen (secondary N) is 1. The number of fused-ring (bicyclic) bond motifs is 2. The molecule has 0 aliphatic heterocycles. The highest BCUT2D eigenvalue weighted by Gasteiger charge is 2.12. The van der Waals surface area contributed by atoms with Crippen LogP contribution in [-0.2, 0) is 0 Å². The first kappa shape index (κ1) is 15.9. The summed E-state index contributed by atoms with van der Waals surface area (Å²) in [4.78, 5) is 13.6. The first-order chi connectivity index (χ1) is 13.3. The van der Waals surface area contributed by atoms with E-state index in [4.69, 9.17) is 9.97 Å². The van der Waals surface area contributed by atoms with Crippen LogP contribution in [0, 0.1) is 0 Å². The Kier molecular flexibility index (Phi) is 3.80. The second kappa shape index (κ2) is 6.45. The molecule has 0 spiro atoms. The maximum absolute atomic E-state index is 4.75. The van der Waals surface area contributed by atoms with Crippen molar-refractivity contribution in [2.45, 2.75) is 0 Å². The van der Waals surface area contributed by atoms with Crippen molar-refractivity contribution < 1.29 is 0 Å². The molecule has 130 valence electrons. The van der Waals surface area contributed by atoms with Crippen LogP contribution >= 0.6 is 11.3 Å². The van der Waals surface area contributed by atoms with E-state index >= 15 is 0 Å². The van der Waals surface area contributed by atoms with Crippen molar-refractivity contribution in [2.24, 2.45) is 0 Å². The predicted octanol–water partition coefficient (Wildman–Crippen LogP) is 5.62. The van der Waals surface area contributed by atoms with Crippen LogP contribution in [0.3, 0.4) is 0 Å². The summed E-state index contributed by atoms with van der Waals surface area (Å²) < 4.78 is 1.30. The van der Waals surface area contributed by atoms with Gasteiger partial charge in [0.05, 0.1) is 5.52 Å². The van der Waals surface area contributed by atoms with Crippen LogP contribution in [0.25, 0.3) is 43.5 Å². The van der Waals surface area contributed by atoms with Crippen molar-refractivity contribution in [3.8, 4) is 22.5 Å². The molecule has 0 unspecified atom stereocenters. The maximum atomic E-state index is 4.75. The van der Waals surface area contributed by atoms with E-state index in [9.17, 15) is 0 Å². The fourth-order valence-electron chi connectivity index (χ4n) is 3.31. The summed E-state index contributed by atoms with van der Waals surface area (Å²) in [7, 11) is 1.89. The van der Waals surface area contributed by atoms with Gasteiger partial charge in [-0.15, -0.1) is 11.3 Å². The SMILES string of the molecule is CNc1nc(-c2cccnc2)nc2ccc(-c3csc4ccccc34)cc12. The quantitative estimate of drug-likeness (QED) is 0.449. The molecular weight excluding hydrogens is 352 g/mol. The van der Waals surface area contributed by atoms with Crippen molar-refractivity contribution in [3.05, 3.63) is 72.4 Å². The van der Waals surface area contributed by atoms with Crippen LogP contribution in [0.2, 0.25) is 0 Å². The molecule has 1 N–H and O–H groups in total. The largest absolute Gasteiger partial charge is 0.373 e. The lowest BCUT2D eigenvalue weighted by Crippen LogP contribution is -1.99. The van der Waals surface area contributed by atoms with E-state index in [1.165, 1.54) is 21.2 Å². The van der Waals surface area contributed by atoms with Crippen molar-refractivity contribution in [3.63, 3.8) is 0 Å². The number of anilines is 1. The number of hydrogen-bond donors (Lipinski definition) is 1. The second-order valence-corrected chi connectivity index (χ2v) is 7.18. The highest BCUT2D eigenvalue weighted by atomic mass is 32.1. The molecule has 3 heterocycles. The third-order valence-corrected chi connectivity index (χ3v) is 5.61. The van der Waals surface area contributed by atoms with E-state index in [-0.39, 0.29) is 0 Å². The minimum absolute atomic E-state index is 0.675. The Labute approximate surface area is 160 Å². The zero-order valence-corrected chi connectivity index (χ0v) is 15.5. The summed E-state index contributed by atoms with van der Waals surface area (Å²) in [5.74, 6) is 1.49. The van der Waals surface area contributed by atoms with Crippen LogP contribution in [-0.4, -0.2) is 22.0 Å². The molecule has 5 aromatic rings. The lowest BCUT2D eigenvalue weighted by Gasteiger charge is -2.10. The van der Waals surface area contributed by atoms with Gasteiger partial charge in [-0.25, -0.2) is 9.97 Å². The molecule has 0 aliphatic rings. The molecular formula is C22H16N4S. The van der Waals surface area contributed by atoms with Gasteiger partial charge in [0.1, 0.15) is 5.82 Å². The lowest BCUT2D eigenvalue weighted by molar-refractivity contribution is 1.20. The maximum Gasteiger partial charge on any atom is 0.163 e. The predicted molar refractivity (Wildman–Crippen MR) is 113 cm³/mol. The van der Waals surface area contributed by atoms with Crippen molar-refractivity contribution in [2.75, 3.05) is 12.4 Å². The van der Waals surface area contributed by atoms with Gasteiger partial charge in [-0.2, -0.15) is 0 Å². The van der Waals surface area contributed by atoms with Gasteiger partial charge in [-0.3, -0.25) is 4.98 Å². The van der Waals surface area contributed by atoms with E-state index in [0.29, 0.717) is 5.82 Å². The highest BCUT2D eigenvalue weighted by Crippen LogP contribution is 2.36. The Morgan fingerprint density at radius 3 is 2.67 bits per heavy atom. The molecule has 0 radical (unpaired) electrons. The standard InChI is InChI=1S/C22H16N4S/c1-23-22-17-11-14(18-13-27-20-7-3-2-6-16(18)20)8-9-19(17)25-21(26-22)15-5-4-10-24-12-15/h2-13H,1H3,(H,23,25,26). The normalized spacial score (nSPS) is 11.1. The molecule has 0 aliphatic carbocycles. The van der Waals surface area contributed by atoms with E-state index in [0.717, 1.165) is 22.3 Å². The summed E-state index contributed by atoms with van der Waals surface area (Å²) in [6.07, 6.45) is 3.54. The Morgan fingerprint density at radius 1 is 0.889 bits per heavy atom. The molecule has 0 saturated carbocycles. The number of aromatic nitrogens is 3. The molecule has 2 aromatic carbocycles. The second-order valence-electron chi connectivity index (χ2n) is 6.26. The third kappa shape index (κ3) is 2.73. The van der Waals surface area contributed by atoms with Crippen molar-refractivity contribution >= 4 is 38.1 Å². The third-order valence-electron chi connectivity index (χ3n) is 4.64. The van der Waals surface area contributed by atoms with Crippen LogP contribution < -0.4 is 5.32 Å². The monoisotopic (exact) mass is 368 g/mol. The zero-order valence-electron chi connectivity index (χ0n) is 14.7. The Balaban J connectivity index is 1.70. The number of rotatable bonds is 3. The minimum atomic E-state index is 0.675. The van der Waals surface area contributed by atoms with Gasteiger partial charge in [0.15, 0.2) is 5.82 Å². The van der Waals surface area contributed by atoms with Gasteiger partial charge >= 0.3 is 0 Å². The van der Waals surface area contributed by atoms with Crippen LogP contribution in [0.1, 0.15) is 0 Å². The molecule has 0 atom stereocenters. The number of benzene rings is 2. The average Bonchev–Trinajstić information content (AvgIpc) is 3.17. The van der Waals surface area contributed by atoms with Crippen LogP contribution in [0.4, 0.5) is 5.82 Å². The van der Waals surface area contributed by atoms with E-state index < -0.39 is 0 Å². The summed E-state index contributed by atoms with van der Waals surface area (Å²) in [6.45, 7) is 0. The lowest BCUT2D eigenvalue weighted by atomic mass is 10.0. The zero-order chi connectivity index (χ0) is 18.2. The molecule has 0 bridgehead atoms. The van der Waals surface area contributed by atoms with Gasteiger partial charge in [-0.05, 0) is 41.3 Å². The first-order valence-corrected chi connectivity index (χ1v) is 9.58. The number of nitrogens with zero attached hydrogens (tertiary/aromatic N) is 3. The first-order valence-electron chi connectivity index (χ1n) is 8.70. The fourth-order valence-corrected chi connectivity index (χ4v) is 4.28. The van der Waals surface area contributed by atoms with E-state index in [2.05, 4.69) is 58.1 Å². The van der Waals surface area contributed by atoms with Crippen molar-refractivity contribution in [1.82, 2.24) is 15.0 Å². The topological polar surface area (TPSA) is 50.7 Å². The van der Waals surface area contributed by atoms with Crippen LogP contribution in [0.15, 0.2) is 72.4 Å². The molecule has 27 heavy (non-hydrogen) atoms. The summed E-state index contributed by atoms with van der Waals surface area (Å²) in [6, 6.07) is 18.7. The Bertz CT molecular complexity index is 1260. The average molecular weight is 368 g/mol. The number of hydrogen-bond acceptors (Lipinski definition) is 5. The summed E-state index contributed by atoms with van der Waals surface area (Å²) in [5, 5.41) is 7.73. The minimum Gasteiger partial charge on any atom is -0.373 e. The Morgan fingerprint density at radius 2 is 1.81 bits per heavy atom. The van der Waals surface area contributed by atoms with Gasteiger partial charge in [0.25, 0.3) is 0 Å². The summed E-state index contributed by atoms with van der Waals surface area (Å²) in [5.41, 5.74) is 4.24. The van der Waals surface area contributed by atoms with E-state index in [1.807, 2.05) is 19.2 Å². The summed E-state index contributed by atoms with van der Waals surface area (Å²) >= 11 is 1.77. The van der Waals surface area contributed by atoms with Gasteiger partial charge in [-0.1, -0.05) is 24.3 Å². The molecule has 5 rings (SSSR count). The van der Waals surface area contributed by atoms with E-state index in [1.54, 1.807) is 23.7 Å². The molecule has 0 saturated heterocycles. The van der Waals surface area contributed by atoms with Gasteiger partial charge in [0, 0.05) is 46.0 Å². The van der Waals surface area contributed by atoms with Gasteiger partial charge < -0.3 is 5.32 Å². The van der Waals surface area contributed by atoms with Crippen molar-refractivity contribution in [1.29, 1.82) is 0 Å². The Hall–Kier alpha value is -3.31. The highest BCUT2D eigenvalue weighted by molar-refractivity contribution is 7.17. The fraction of sp³-hybridized carbons (Fsp3) is 0.0455.